The molecule has 1 atom stereocenters. The molecule has 4 nitrogen and oxygen atoms in total. The van der Waals surface area contributed by atoms with Gasteiger partial charge in [-0.25, -0.2) is 9.97 Å². The lowest BCUT2D eigenvalue weighted by Gasteiger charge is -2.17. The van der Waals surface area contributed by atoms with Gasteiger partial charge in [-0.1, -0.05) is 42.5 Å². The van der Waals surface area contributed by atoms with Crippen LogP contribution in [0.5, 0.6) is 0 Å². The summed E-state index contributed by atoms with van der Waals surface area (Å²) < 4.78 is 5.85. The predicted octanol–water partition coefficient (Wildman–Crippen LogP) is 4.28. The molecule has 24 heavy (non-hydrogen) atoms. The van der Waals surface area contributed by atoms with Crippen molar-refractivity contribution in [1.82, 2.24) is 9.97 Å². The predicted molar refractivity (Wildman–Crippen MR) is 97.0 cm³/mol. The summed E-state index contributed by atoms with van der Waals surface area (Å²) in [7, 11) is 0. The van der Waals surface area contributed by atoms with Gasteiger partial charge in [-0.05, 0) is 32.4 Å². The normalized spacial score (nSPS) is 19.5. The molecule has 1 N–H and O–H groups in total. The van der Waals surface area contributed by atoms with E-state index in [1.54, 1.807) is 0 Å². The van der Waals surface area contributed by atoms with E-state index < -0.39 is 0 Å². The van der Waals surface area contributed by atoms with Gasteiger partial charge in [0.25, 0.3) is 0 Å². The van der Waals surface area contributed by atoms with E-state index in [1.165, 1.54) is 0 Å². The molecule has 4 rings (SSSR count). The van der Waals surface area contributed by atoms with Crippen LogP contribution < -0.4 is 5.32 Å². The molecule has 0 spiro atoms. The van der Waals surface area contributed by atoms with Crippen LogP contribution in [0.25, 0.3) is 22.3 Å². The molecule has 122 valence electrons. The smallest absolute Gasteiger partial charge is 0.162 e. The summed E-state index contributed by atoms with van der Waals surface area (Å²) in [5, 5.41) is 4.62. The zero-order chi connectivity index (χ0) is 16.6. The van der Waals surface area contributed by atoms with Crippen molar-refractivity contribution in [2.24, 2.45) is 0 Å². The van der Waals surface area contributed by atoms with E-state index in [0.29, 0.717) is 6.61 Å². The maximum atomic E-state index is 5.85. The number of hydrogen-bond donors (Lipinski definition) is 1. The van der Waals surface area contributed by atoms with Crippen LogP contribution in [0.4, 0.5) is 5.82 Å². The summed E-state index contributed by atoms with van der Waals surface area (Å²) in [6, 6.07) is 18.5. The van der Waals surface area contributed by atoms with Gasteiger partial charge in [0.05, 0.1) is 23.8 Å². The third-order valence-corrected chi connectivity index (χ3v) is 4.39. The van der Waals surface area contributed by atoms with Gasteiger partial charge in [0.1, 0.15) is 5.82 Å². The lowest BCUT2D eigenvalue weighted by atomic mass is 10.0. The first-order valence-corrected chi connectivity index (χ1v) is 8.33. The highest BCUT2D eigenvalue weighted by Gasteiger charge is 2.32. The third kappa shape index (κ3) is 2.97. The molecule has 0 amide bonds. The van der Waals surface area contributed by atoms with Gasteiger partial charge in [-0.2, -0.15) is 0 Å². The number of aromatic nitrogens is 2. The van der Waals surface area contributed by atoms with Crippen molar-refractivity contribution in [2.75, 3.05) is 11.9 Å². The number of hydrogen-bond acceptors (Lipinski definition) is 4. The minimum Gasteiger partial charge on any atom is -0.373 e. The topological polar surface area (TPSA) is 47.0 Å². The molecule has 2 heterocycles. The molecular weight excluding hydrogens is 298 g/mol. The van der Waals surface area contributed by atoms with Gasteiger partial charge >= 0.3 is 0 Å². The zero-order valence-corrected chi connectivity index (χ0v) is 14.0. The number of benzene rings is 2. The monoisotopic (exact) mass is 319 g/mol. The Kier molecular flexibility index (Phi) is 3.69. The average Bonchev–Trinajstić information content (AvgIpc) is 2.94. The van der Waals surface area contributed by atoms with Crippen molar-refractivity contribution in [3.05, 3.63) is 54.6 Å². The van der Waals surface area contributed by atoms with Crippen LogP contribution in [0.3, 0.4) is 0 Å². The quantitative estimate of drug-likeness (QED) is 0.783. The summed E-state index contributed by atoms with van der Waals surface area (Å²) in [4.78, 5) is 9.53. The Hall–Kier alpha value is -2.46. The molecular formula is C20H21N3O. The minimum absolute atomic E-state index is 0.0806. The first-order valence-electron chi connectivity index (χ1n) is 8.33. The highest BCUT2D eigenvalue weighted by molar-refractivity contribution is 5.90. The fourth-order valence-corrected chi connectivity index (χ4v) is 3.23. The molecule has 0 radical (unpaired) electrons. The molecule has 0 bridgehead atoms. The fourth-order valence-electron chi connectivity index (χ4n) is 3.23. The van der Waals surface area contributed by atoms with Crippen LogP contribution in [-0.4, -0.2) is 28.2 Å². The van der Waals surface area contributed by atoms with Crippen molar-refractivity contribution < 1.29 is 4.74 Å². The molecule has 0 saturated carbocycles. The van der Waals surface area contributed by atoms with Crippen molar-refractivity contribution in [3.63, 3.8) is 0 Å². The number of nitrogens with zero attached hydrogens (tertiary/aromatic N) is 2. The second-order valence-electron chi connectivity index (χ2n) is 6.90. The van der Waals surface area contributed by atoms with Crippen molar-refractivity contribution in [3.8, 4) is 11.4 Å². The Bertz CT molecular complexity index is 861. The van der Waals surface area contributed by atoms with Gasteiger partial charge < -0.3 is 10.1 Å². The Morgan fingerprint density at radius 3 is 2.50 bits per heavy atom. The van der Waals surface area contributed by atoms with Crippen LogP contribution in [0, 0.1) is 0 Å². The van der Waals surface area contributed by atoms with E-state index in [2.05, 4.69) is 25.2 Å². The minimum atomic E-state index is -0.0806. The van der Waals surface area contributed by atoms with E-state index in [1.807, 2.05) is 48.5 Å². The van der Waals surface area contributed by atoms with E-state index in [0.717, 1.165) is 34.5 Å². The third-order valence-electron chi connectivity index (χ3n) is 4.39. The van der Waals surface area contributed by atoms with Crippen molar-refractivity contribution in [2.45, 2.75) is 31.9 Å². The van der Waals surface area contributed by atoms with Crippen LogP contribution in [-0.2, 0) is 4.74 Å². The zero-order valence-electron chi connectivity index (χ0n) is 14.0. The average molecular weight is 319 g/mol. The summed E-state index contributed by atoms with van der Waals surface area (Å²) in [5.41, 5.74) is 1.89. The maximum absolute atomic E-state index is 5.85. The molecule has 1 fully saturated rings. The molecule has 1 aliphatic heterocycles. The Labute approximate surface area is 141 Å². The summed E-state index contributed by atoms with van der Waals surface area (Å²) in [6.45, 7) is 4.95. The van der Waals surface area contributed by atoms with Gasteiger partial charge in [-0.3, -0.25) is 0 Å². The highest BCUT2D eigenvalue weighted by Crippen LogP contribution is 2.30. The Morgan fingerprint density at radius 2 is 1.75 bits per heavy atom. The first-order chi connectivity index (χ1) is 11.6. The van der Waals surface area contributed by atoms with E-state index in [-0.39, 0.29) is 11.6 Å². The van der Waals surface area contributed by atoms with E-state index >= 15 is 0 Å². The lowest BCUT2D eigenvalue weighted by Crippen LogP contribution is -2.23. The molecule has 1 aliphatic rings. The number of fused-ring (bicyclic) bond motifs is 1. The number of rotatable bonds is 3. The van der Waals surface area contributed by atoms with Crippen LogP contribution >= 0.6 is 0 Å². The molecule has 4 heteroatoms. The van der Waals surface area contributed by atoms with Gasteiger partial charge in [0.2, 0.25) is 0 Å². The first kappa shape index (κ1) is 15.1. The maximum Gasteiger partial charge on any atom is 0.162 e. The largest absolute Gasteiger partial charge is 0.373 e. The highest BCUT2D eigenvalue weighted by atomic mass is 16.5. The fraction of sp³-hybridized carbons (Fsp3) is 0.300. The Balaban J connectivity index is 1.76. The molecule has 2 aromatic carbocycles. The molecule has 0 aliphatic carbocycles. The van der Waals surface area contributed by atoms with Crippen LogP contribution in [0.15, 0.2) is 54.6 Å². The van der Waals surface area contributed by atoms with Gasteiger partial charge in [0, 0.05) is 10.9 Å². The van der Waals surface area contributed by atoms with Gasteiger partial charge in [0.15, 0.2) is 5.82 Å². The summed E-state index contributed by atoms with van der Waals surface area (Å²) in [5.74, 6) is 1.63. The van der Waals surface area contributed by atoms with Crippen molar-refractivity contribution in [1.29, 1.82) is 0 Å². The van der Waals surface area contributed by atoms with Crippen LogP contribution in [0.1, 0.15) is 20.3 Å². The SMILES string of the molecule is CC1(C)CC(Nc2nc(-c3ccccc3)nc3ccccc23)CO1. The second kappa shape index (κ2) is 5.87. The van der Waals surface area contributed by atoms with Crippen molar-refractivity contribution >= 4 is 16.7 Å². The molecule has 1 saturated heterocycles. The summed E-state index contributed by atoms with van der Waals surface area (Å²) in [6.07, 6.45) is 0.964. The number of para-hydroxylation sites is 1. The molecule has 1 aromatic heterocycles. The second-order valence-corrected chi connectivity index (χ2v) is 6.90. The van der Waals surface area contributed by atoms with Gasteiger partial charge in [-0.15, -0.1) is 0 Å². The number of nitrogens with one attached hydrogen (secondary N) is 1. The van der Waals surface area contributed by atoms with E-state index in [4.69, 9.17) is 14.7 Å². The molecule has 1 unspecified atom stereocenters. The van der Waals surface area contributed by atoms with Crippen LogP contribution in [0.2, 0.25) is 0 Å². The Morgan fingerprint density at radius 1 is 1.00 bits per heavy atom. The molecule has 3 aromatic rings. The number of ether oxygens (including phenoxy) is 1. The number of anilines is 1. The lowest BCUT2D eigenvalue weighted by molar-refractivity contribution is 0.0363. The van der Waals surface area contributed by atoms with E-state index in [9.17, 15) is 0 Å². The standard InChI is InChI=1S/C20H21N3O/c1-20(2)12-15(13-24-20)21-19-16-10-6-7-11-17(16)22-18(23-19)14-8-4-3-5-9-14/h3-11,15H,12-13H2,1-2H3,(H,21,22,23). The summed E-state index contributed by atoms with van der Waals surface area (Å²) >= 11 is 0.